The Labute approximate surface area is 129 Å². The lowest BCUT2D eigenvalue weighted by Crippen LogP contribution is -2.46. The molecule has 4 nitrogen and oxygen atoms in total. The predicted octanol–water partition coefficient (Wildman–Crippen LogP) is 2.90. The normalized spacial score (nSPS) is 15.3. The van der Waals surface area contributed by atoms with Crippen molar-refractivity contribution in [3.63, 3.8) is 0 Å². The number of benzene rings is 1. The van der Waals surface area contributed by atoms with E-state index in [4.69, 9.17) is 0 Å². The van der Waals surface area contributed by atoms with Gasteiger partial charge in [0.2, 0.25) is 0 Å². The Balaban J connectivity index is 1.70. The fourth-order valence-electron chi connectivity index (χ4n) is 2.69. The lowest BCUT2D eigenvalue weighted by atomic mass is 10.1. The van der Waals surface area contributed by atoms with Crippen molar-refractivity contribution in [1.29, 1.82) is 0 Å². The first kappa shape index (κ1) is 14.1. The number of piperazine rings is 1. The van der Waals surface area contributed by atoms with E-state index >= 15 is 0 Å². The maximum absolute atomic E-state index is 10.8. The number of carbonyl (C=O) groups excluding carboxylic acids is 1. The molecule has 0 aliphatic carbocycles. The van der Waals surface area contributed by atoms with Gasteiger partial charge in [0, 0.05) is 31.9 Å². The van der Waals surface area contributed by atoms with Gasteiger partial charge in [0.05, 0.1) is 11.1 Å². The Morgan fingerprint density at radius 2 is 1.86 bits per heavy atom. The molecule has 0 bridgehead atoms. The first-order valence-corrected chi connectivity index (χ1v) is 7.98. The molecule has 0 amide bonds. The van der Waals surface area contributed by atoms with Crippen LogP contribution in [0.1, 0.15) is 20.8 Å². The number of aldehydes is 1. The molecule has 5 heteroatoms. The van der Waals surface area contributed by atoms with Crippen molar-refractivity contribution in [2.75, 3.05) is 36.0 Å². The molecule has 1 aliphatic heterocycles. The van der Waals surface area contributed by atoms with Crippen LogP contribution in [0.5, 0.6) is 0 Å². The van der Waals surface area contributed by atoms with E-state index in [1.165, 1.54) is 28.2 Å². The Bertz CT molecular complexity index is 645. The number of rotatable bonds is 3. The molecule has 3 rings (SSSR count). The second kappa shape index (κ2) is 5.85. The van der Waals surface area contributed by atoms with Crippen molar-refractivity contribution in [2.24, 2.45) is 0 Å². The molecule has 2 heterocycles. The summed E-state index contributed by atoms with van der Waals surface area (Å²) in [6.07, 6.45) is 2.53. The molecule has 1 aromatic heterocycles. The van der Waals surface area contributed by atoms with Gasteiger partial charge in [-0.2, -0.15) is 0 Å². The van der Waals surface area contributed by atoms with E-state index in [1.807, 2.05) is 0 Å². The molecule has 0 unspecified atom stereocenters. The van der Waals surface area contributed by atoms with Gasteiger partial charge < -0.3 is 9.80 Å². The van der Waals surface area contributed by atoms with Crippen LogP contribution in [0.15, 0.2) is 24.4 Å². The second-order valence-electron chi connectivity index (χ2n) is 5.36. The molecule has 1 aliphatic rings. The first-order valence-electron chi connectivity index (χ1n) is 7.16. The minimum absolute atomic E-state index is 0.696. The van der Waals surface area contributed by atoms with E-state index < -0.39 is 0 Å². The zero-order chi connectivity index (χ0) is 14.8. The van der Waals surface area contributed by atoms with Gasteiger partial charge in [0.15, 0.2) is 11.4 Å². The van der Waals surface area contributed by atoms with Gasteiger partial charge in [0.25, 0.3) is 0 Å². The quantitative estimate of drug-likeness (QED) is 0.817. The van der Waals surface area contributed by atoms with E-state index in [0.717, 1.165) is 37.6 Å². The third-order valence-electron chi connectivity index (χ3n) is 4.09. The molecule has 0 atom stereocenters. The Hall–Kier alpha value is -1.88. The minimum Gasteiger partial charge on any atom is -0.368 e. The van der Waals surface area contributed by atoms with Crippen LogP contribution in [-0.4, -0.2) is 37.4 Å². The van der Waals surface area contributed by atoms with Gasteiger partial charge in [-0.1, -0.05) is 23.5 Å². The third-order valence-corrected chi connectivity index (χ3v) is 5.08. The number of aromatic nitrogens is 1. The van der Waals surface area contributed by atoms with Crippen molar-refractivity contribution in [1.82, 2.24) is 4.98 Å². The van der Waals surface area contributed by atoms with Gasteiger partial charge in [-0.3, -0.25) is 4.79 Å². The highest BCUT2D eigenvalue weighted by atomic mass is 32.1. The summed E-state index contributed by atoms with van der Waals surface area (Å²) in [5.41, 5.74) is 4.04. The topological polar surface area (TPSA) is 36.4 Å². The summed E-state index contributed by atoms with van der Waals surface area (Å²) in [5, 5.41) is 0.956. The van der Waals surface area contributed by atoms with E-state index in [0.29, 0.717) is 4.88 Å². The van der Waals surface area contributed by atoms with Crippen molar-refractivity contribution in [2.45, 2.75) is 13.8 Å². The molecular weight excluding hydrogens is 282 g/mol. The molecule has 0 N–H and O–H groups in total. The molecule has 2 aromatic rings. The van der Waals surface area contributed by atoms with Crippen molar-refractivity contribution in [3.8, 4) is 0 Å². The SMILES string of the molecule is Cc1cccc(N2CCN(c3ncc(C=O)s3)CC2)c1C. The van der Waals surface area contributed by atoms with Gasteiger partial charge in [-0.15, -0.1) is 0 Å². The first-order chi connectivity index (χ1) is 10.2. The lowest BCUT2D eigenvalue weighted by Gasteiger charge is -2.36. The average Bonchev–Trinajstić information content (AvgIpc) is 2.99. The van der Waals surface area contributed by atoms with Crippen LogP contribution in [0.3, 0.4) is 0 Å². The second-order valence-corrected chi connectivity index (χ2v) is 6.40. The monoisotopic (exact) mass is 301 g/mol. The molecule has 1 fully saturated rings. The van der Waals surface area contributed by atoms with Gasteiger partial charge in [-0.25, -0.2) is 4.98 Å². The summed E-state index contributed by atoms with van der Waals surface area (Å²) >= 11 is 1.47. The van der Waals surface area contributed by atoms with Crippen LogP contribution in [0, 0.1) is 13.8 Å². The standard InChI is InChI=1S/C16H19N3OS/c1-12-4-3-5-15(13(12)2)18-6-8-19(9-7-18)16-17-10-14(11-20)21-16/h3-5,10-11H,6-9H2,1-2H3. The number of aryl methyl sites for hydroxylation is 1. The van der Waals surface area contributed by atoms with E-state index in [9.17, 15) is 4.79 Å². The number of nitrogens with zero attached hydrogens (tertiary/aromatic N) is 3. The van der Waals surface area contributed by atoms with E-state index in [1.54, 1.807) is 6.20 Å². The van der Waals surface area contributed by atoms with Gasteiger partial charge in [-0.05, 0) is 31.0 Å². The van der Waals surface area contributed by atoms with Crippen LogP contribution < -0.4 is 9.80 Å². The van der Waals surface area contributed by atoms with Crippen LogP contribution in [-0.2, 0) is 0 Å². The summed E-state index contributed by atoms with van der Waals surface area (Å²) in [7, 11) is 0. The largest absolute Gasteiger partial charge is 0.368 e. The van der Waals surface area contributed by atoms with Crippen LogP contribution in [0.25, 0.3) is 0 Å². The molecule has 110 valence electrons. The summed E-state index contributed by atoms with van der Waals surface area (Å²) in [5.74, 6) is 0. The fourth-order valence-corrected chi connectivity index (χ4v) is 3.48. The van der Waals surface area contributed by atoms with E-state index in [-0.39, 0.29) is 0 Å². The highest BCUT2D eigenvalue weighted by Gasteiger charge is 2.20. The smallest absolute Gasteiger partial charge is 0.186 e. The van der Waals surface area contributed by atoms with Crippen LogP contribution in [0.4, 0.5) is 10.8 Å². The average molecular weight is 301 g/mol. The zero-order valence-electron chi connectivity index (χ0n) is 12.4. The molecule has 0 spiro atoms. The van der Waals surface area contributed by atoms with Gasteiger partial charge >= 0.3 is 0 Å². The minimum atomic E-state index is 0.696. The molecule has 1 aromatic carbocycles. The molecular formula is C16H19N3OS. The summed E-state index contributed by atoms with van der Waals surface area (Å²) in [6.45, 7) is 8.21. The van der Waals surface area contributed by atoms with Gasteiger partial charge in [0.1, 0.15) is 0 Å². The van der Waals surface area contributed by atoms with Crippen molar-refractivity contribution in [3.05, 3.63) is 40.4 Å². The third kappa shape index (κ3) is 2.78. The summed E-state index contributed by atoms with van der Waals surface area (Å²) < 4.78 is 0. The van der Waals surface area contributed by atoms with Crippen LogP contribution >= 0.6 is 11.3 Å². The summed E-state index contributed by atoms with van der Waals surface area (Å²) in [6, 6.07) is 6.48. The number of anilines is 2. The Morgan fingerprint density at radius 3 is 2.52 bits per heavy atom. The Kier molecular flexibility index (Phi) is 3.92. The number of hydrogen-bond acceptors (Lipinski definition) is 5. The fraction of sp³-hybridized carbons (Fsp3) is 0.375. The molecule has 1 saturated heterocycles. The number of carbonyl (C=O) groups is 1. The lowest BCUT2D eigenvalue weighted by molar-refractivity contribution is 0.112. The van der Waals surface area contributed by atoms with Crippen molar-refractivity contribution < 1.29 is 4.79 Å². The highest BCUT2D eigenvalue weighted by Crippen LogP contribution is 2.27. The molecule has 0 saturated carbocycles. The highest BCUT2D eigenvalue weighted by molar-refractivity contribution is 7.17. The van der Waals surface area contributed by atoms with Crippen LogP contribution in [0.2, 0.25) is 0 Å². The van der Waals surface area contributed by atoms with E-state index in [2.05, 4.69) is 46.8 Å². The maximum atomic E-state index is 10.8. The molecule has 0 radical (unpaired) electrons. The zero-order valence-corrected chi connectivity index (χ0v) is 13.2. The number of hydrogen-bond donors (Lipinski definition) is 0. The predicted molar refractivity (Wildman–Crippen MR) is 87.8 cm³/mol. The number of thiazole rings is 1. The maximum Gasteiger partial charge on any atom is 0.186 e. The summed E-state index contributed by atoms with van der Waals surface area (Å²) in [4.78, 5) is 20.5. The van der Waals surface area contributed by atoms with Crippen molar-refractivity contribution >= 4 is 28.4 Å². The Morgan fingerprint density at radius 1 is 1.14 bits per heavy atom. The molecule has 21 heavy (non-hydrogen) atoms.